The number of rotatable bonds is 5. The van der Waals surface area contributed by atoms with Crippen molar-refractivity contribution in [3.63, 3.8) is 0 Å². The van der Waals surface area contributed by atoms with Crippen molar-refractivity contribution in [1.29, 1.82) is 0 Å². The van der Waals surface area contributed by atoms with Gasteiger partial charge in [0, 0.05) is 0 Å². The maximum absolute atomic E-state index is 12.9. The fraction of sp³-hybridized carbons (Fsp3) is 0.300. The van der Waals surface area contributed by atoms with Crippen LogP contribution in [0.5, 0.6) is 11.5 Å². The molecule has 0 amide bonds. The number of benzene rings is 1. The van der Waals surface area contributed by atoms with Crippen LogP contribution in [0.1, 0.15) is 6.42 Å². The average molecular weight is 214 g/mol. The third-order valence-corrected chi connectivity index (χ3v) is 1.68. The summed E-state index contributed by atoms with van der Waals surface area (Å²) in [4.78, 5) is 10.1. The third kappa shape index (κ3) is 3.84. The first-order valence-corrected chi connectivity index (χ1v) is 4.36. The van der Waals surface area contributed by atoms with Crippen molar-refractivity contribution in [2.75, 3.05) is 6.61 Å². The van der Waals surface area contributed by atoms with Gasteiger partial charge in [-0.1, -0.05) is 12.1 Å². The van der Waals surface area contributed by atoms with Crippen LogP contribution in [0.15, 0.2) is 24.3 Å². The van der Waals surface area contributed by atoms with Crippen LogP contribution in [0.2, 0.25) is 0 Å². The normalized spacial score (nSPS) is 12.1. The molecule has 0 saturated carbocycles. The molecule has 1 aromatic rings. The number of hydrogen-bond acceptors (Lipinski definition) is 3. The molecule has 15 heavy (non-hydrogen) atoms. The molecule has 0 saturated heterocycles. The molecule has 0 aromatic heterocycles. The number of phenols is 1. The van der Waals surface area contributed by atoms with E-state index >= 15 is 0 Å². The highest BCUT2D eigenvalue weighted by Gasteiger charge is 2.13. The van der Waals surface area contributed by atoms with Gasteiger partial charge in [-0.25, -0.2) is 4.39 Å². The second-order valence-corrected chi connectivity index (χ2v) is 2.97. The minimum absolute atomic E-state index is 0.0972. The Bertz CT molecular complexity index is 340. The van der Waals surface area contributed by atoms with E-state index in [1.807, 2.05) is 0 Å². The summed E-state index contributed by atoms with van der Waals surface area (Å²) in [5.41, 5.74) is 0. The number of halogens is 1. The van der Waals surface area contributed by atoms with Gasteiger partial charge in [0.1, 0.15) is 12.8 Å². The fourth-order valence-corrected chi connectivity index (χ4v) is 1.01. The summed E-state index contributed by atoms with van der Waals surface area (Å²) < 4.78 is 17.8. The summed E-state index contributed by atoms with van der Waals surface area (Å²) in [5, 5.41) is 17.5. The van der Waals surface area contributed by atoms with Crippen molar-refractivity contribution in [3.8, 4) is 11.5 Å². The molecule has 1 rings (SSSR count). The van der Waals surface area contributed by atoms with Crippen LogP contribution in [0, 0.1) is 0 Å². The molecule has 0 fully saturated rings. The van der Waals surface area contributed by atoms with Gasteiger partial charge in [-0.3, -0.25) is 4.79 Å². The molecular weight excluding hydrogens is 203 g/mol. The summed E-state index contributed by atoms with van der Waals surface area (Å²) in [7, 11) is 0. The Morgan fingerprint density at radius 2 is 2.13 bits per heavy atom. The summed E-state index contributed by atoms with van der Waals surface area (Å²) in [6.45, 7) is -0.385. The predicted molar refractivity (Wildman–Crippen MR) is 50.8 cm³/mol. The highest BCUT2D eigenvalue weighted by molar-refractivity contribution is 5.67. The lowest BCUT2D eigenvalue weighted by atomic mass is 10.3. The number of carboxylic acids is 1. The minimum atomic E-state index is -1.58. The van der Waals surface area contributed by atoms with Crippen LogP contribution in [-0.2, 0) is 4.79 Å². The van der Waals surface area contributed by atoms with Gasteiger partial charge in [0.05, 0.1) is 6.42 Å². The second kappa shape index (κ2) is 5.19. The van der Waals surface area contributed by atoms with E-state index in [0.717, 1.165) is 0 Å². The van der Waals surface area contributed by atoms with Crippen LogP contribution < -0.4 is 4.74 Å². The highest BCUT2D eigenvalue weighted by Crippen LogP contribution is 2.24. The van der Waals surface area contributed by atoms with Gasteiger partial charge >= 0.3 is 5.97 Å². The molecule has 0 radical (unpaired) electrons. The van der Waals surface area contributed by atoms with Crippen LogP contribution in [0.25, 0.3) is 0 Å². The number of hydrogen-bond donors (Lipinski definition) is 2. The summed E-state index contributed by atoms with van der Waals surface area (Å²) in [5.74, 6) is -1.17. The number of aromatic hydroxyl groups is 1. The number of aliphatic carboxylic acids is 1. The van der Waals surface area contributed by atoms with Crippen molar-refractivity contribution >= 4 is 5.97 Å². The largest absolute Gasteiger partial charge is 0.504 e. The van der Waals surface area contributed by atoms with Crippen molar-refractivity contribution in [3.05, 3.63) is 24.3 Å². The van der Waals surface area contributed by atoms with E-state index in [9.17, 15) is 14.3 Å². The first kappa shape index (κ1) is 11.3. The maximum atomic E-state index is 12.9. The van der Waals surface area contributed by atoms with Crippen molar-refractivity contribution in [1.82, 2.24) is 0 Å². The Labute approximate surface area is 85.9 Å². The third-order valence-electron chi connectivity index (χ3n) is 1.68. The fourth-order valence-electron chi connectivity index (χ4n) is 1.01. The van der Waals surface area contributed by atoms with Crippen molar-refractivity contribution in [2.24, 2.45) is 0 Å². The molecule has 0 spiro atoms. The zero-order valence-electron chi connectivity index (χ0n) is 7.89. The minimum Gasteiger partial charge on any atom is -0.504 e. The number of carboxylic acid groups (broad SMARTS) is 1. The van der Waals surface area contributed by atoms with Gasteiger partial charge in [-0.05, 0) is 12.1 Å². The first-order chi connectivity index (χ1) is 7.09. The number of alkyl halides is 1. The van der Waals surface area contributed by atoms with Crippen molar-refractivity contribution in [2.45, 2.75) is 12.6 Å². The molecule has 1 atom stereocenters. The van der Waals surface area contributed by atoms with E-state index in [2.05, 4.69) is 0 Å². The van der Waals surface area contributed by atoms with Crippen LogP contribution in [0.4, 0.5) is 4.39 Å². The summed E-state index contributed by atoms with van der Waals surface area (Å²) in [6.07, 6.45) is -2.18. The van der Waals surface area contributed by atoms with Gasteiger partial charge in [0.2, 0.25) is 0 Å². The zero-order chi connectivity index (χ0) is 11.3. The molecule has 1 unspecified atom stereocenters. The lowest BCUT2D eigenvalue weighted by Gasteiger charge is -2.09. The first-order valence-electron chi connectivity index (χ1n) is 4.36. The number of ether oxygens (including phenoxy) is 1. The monoisotopic (exact) mass is 214 g/mol. The van der Waals surface area contributed by atoms with E-state index in [0.29, 0.717) is 0 Å². The molecule has 4 nitrogen and oxygen atoms in total. The van der Waals surface area contributed by atoms with E-state index in [1.54, 1.807) is 12.1 Å². The molecule has 0 heterocycles. The van der Waals surface area contributed by atoms with Gasteiger partial charge in [0.15, 0.2) is 11.5 Å². The average Bonchev–Trinajstić information content (AvgIpc) is 2.15. The van der Waals surface area contributed by atoms with E-state index < -0.39 is 18.6 Å². The Hall–Kier alpha value is -1.78. The quantitative estimate of drug-likeness (QED) is 0.780. The van der Waals surface area contributed by atoms with E-state index in [4.69, 9.17) is 9.84 Å². The lowest BCUT2D eigenvalue weighted by Crippen LogP contribution is -2.16. The molecule has 0 aliphatic carbocycles. The predicted octanol–water partition coefficient (Wildman–Crippen LogP) is 1.58. The second-order valence-electron chi connectivity index (χ2n) is 2.97. The molecular formula is C10H11FO4. The molecule has 82 valence electrons. The lowest BCUT2D eigenvalue weighted by molar-refractivity contribution is -0.138. The topological polar surface area (TPSA) is 66.8 Å². The molecule has 2 N–H and O–H groups in total. The SMILES string of the molecule is O=C(O)CC(F)COc1ccccc1O. The van der Waals surface area contributed by atoms with Crippen LogP contribution in [0.3, 0.4) is 0 Å². The van der Waals surface area contributed by atoms with E-state index in [-0.39, 0.29) is 18.1 Å². The molecule has 0 aliphatic heterocycles. The van der Waals surface area contributed by atoms with Crippen molar-refractivity contribution < 1.29 is 24.1 Å². The summed E-state index contributed by atoms with van der Waals surface area (Å²) >= 11 is 0. The Morgan fingerprint density at radius 1 is 1.47 bits per heavy atom. The van der Waals surface area contributed by atoms with Crippen LogP contribution in [-0.4, -0.2) is 29.0 Å². The van der Waals surface area contributed by atoms with Gasteiger partial charge in [-0.2, -0.15) is 0 Å². The number of para-hydroxylation sites is 2. The molecule has 1 aromatic carbocycles. The number of phenolic OH excluding ortho intramolecular Hbond substituents is 1. The molecule has 5 heteroatoms. The Balaban J connectivity index is 2.43. The Kier molecular flexibility index (Phi) is 3.91. The van der Waals surface area contributed by atoms with Gasteiger partial charge < -0.3 is 14.9 Å². The maximum Gasteiger partial charge on any atom is 0.306 e. The smallest absolute Gasteiger partial charge is 0.306 e. The van der Waals surface area contributed by atoms with Gasteiger partial charge in [-0.15, -0.1) is 0 Å². The highest BCUT2D eigenvalue weighted by atomic mass is 19.1. The standard InChI is InChI=1S/C10H11FO4/c11-7(5-10(13)14)6-15-9-4-2-1-3-8(9)12/h1-4,7,12H,5-6H2,(H,13,14). The summed E-state index contributed by atoms with van der Waals surface area (Å²) in [6, 6.07) is 6.11. The molecule has 0 bridgehead atoms. The Morgan fingerprint density at radius 3 is 2.73 bits per heavy atom. The molecule has 0 aliphatic rings. The number of carbonyl (C=O) groups is 1. The van der Waals surface area contributed by atoms with Crippen LogP contribution >= 0.6 is 0 Å². The van der Waals surface area contributed by atoms with Gasteiger partial charge in [0.25, 0.3) is 0 Å². The van der Waals surface area contributed by atoms with E-state index in [1.165, 1.54) is 12.1 Å². The zero-order valence-corrected chi connectivity index (χ0v) is 7.89.